The number of aryl methyl sites for hydroxylation is 1. The molecule has 0 aliphatic rings. The molecule has 0 amide bonds. The molecule has 0 unspecified atom stereocenters. The van der Waals surface area contributed by atoms with Crippen molar-refractivity contribution in [2.75, 3.05) is 0 Å². The number of ether oxygens (including phenoxy) is 1. The molecule has 0 saturated carbocycles. The van der Waals surface area contributed by atoms with Crippen molar-refractivity contribution in [1.82, 2.24) is 0 Å². The second-order valence-corrected chi connectivity index (χ2v) is 2.10. The molecule has 1 nitrogen and oxygen atoms in total. The van der Waals surface area contributed by atoms with Gasteiger partial charge in [0.05, 0.1) is 6.26 Å². The van der Waals surface area contributed by atoms with Gasteiger partial charge in [0.2, 0.25) is 0 Å². The number of hydrogen-bond acceptors (Lipinski definition) is 1. The van der Waals surface area contributed by atoms with Gasteiger partial charge in [-0.05, 0) is 24.6 Å². The first-order chi connectivity index (χ1) is 4.83. The highest BCUT2D eigenvalue weighted by Gasteiger charge is 1.88. The zero-order valence-electron chi connectivity index (χ0n) is 6.00. The van der Waals surface area contributed by atoms with E-state index in [9.17, 15) is 0 Å². The van der Waals surface area contributed by atoms with Crippen molar-refractivity contribution in [3.05, 3.63) is 42.7 Å². The Labute approximate surface area is 61.0 Å². The van der Waals surface area contributed by atoms with Crippen LogP contribution in [-0.4, -0.2) is 0 Å². The summed E-state index contributed by atoms with van der Waals surface area (Å²) in [6.07, 6.45) is 1.43. The quantitative estimate of drug-likeness (QED) is 0.565. The van der Waals surface area contributed by atoms with Crippen molar-refractivity contribution < 1.29 is 4.74 Å². The molecular formula is C9H10O. The maximum absolute atomic E-state index is 5.05. The highest BCUT2D eigenvalue weighted by molar-refractivity contribution is 5.27. The van der Waals surface area contributed by atoms with Crippen LogP contribution in [0.2, 0.25) is 0 Å². The zero-order valence-corrected chi connectivity index (χ0v) is 6.00. The van der Waals surface area contributed by atoms with Gasteiger partial charge in [0.15, 0.2) is 0 Å². The molecule has 0 bridgehead atoms. The average molecular weight is 134 g/mol. The molecule has 0 saturated heterocycles. The van der Waals surface area contributed by atoms with Gasteiger partial charge >= 0.3 is 0 Å². The van der Waals surface area contributed by atoms with Crippen LogP contribution in [0.15, 0.2) is 37.1 Å². The number of rotatable bonds is 2. The first kappa shape index (κ1) is 6.87. The third-order valence-electron chi connectivity index (χ3n) is 1.21. The van der Waals surface area contributed by atoms with Gasteiger partial charge in [-0.25, -0.2) is 0 Å². The molecule has 1 aromatic rings. The molecule has 0 atom stereocenters. The van der Waals surface area contributed by atoms with Crippen molar-refractivity contribution in [3.63, 3.8) is 0 Å². The fourth-order valence-electron chi connectivity index (χ4n) is 0.785. The lowest BCUT2D eigenvalue weighted by Gasteiger charge is -1.98. The van der Waals surface area contributed by atoms with Gasteiger partial charge in [-0.2, -0.15) is 0 Å². The van der Waals surface area contributed by atoms with E-state index in [1.54, 1.807) is 0 Å². The van der Waals surface area contributed by atoms with Crippen LogP contribution in [0.25, 0.3) is 0 Å². The van der Waals surface area contributed by atoms with E-state index < -0.39 is 0 Å². The lowest BCUT2D eigenvalue weighted by atomic mass is 10.2. The van der Waals surface area contributed by atoms with Gasteiger partial charge in [0, 0.05) is 0 Å². The Balaban J connectivity index is 2.84. The molecule has 0 spiro atoms. The third-order valence-corrected chi connectivity index (χ3v) is 1.21. The van der Waals surface area contributed by atoms with Gasteiger partial charge in [-0.3, -0.25) is 0 Å². The largest absolute Gasteiger partial charge is 0.466 e. The summed E-state index contributed by atoms with van der Waals surface area (Å²) in [6, 6.07) is 7.83. The van der Waals surface area contributed by atoms with Crippen LogP contribution in [0.4, 0.5) is 0 Å². The van der Waals surface area contributed by atoms with Crippen LogP contribution in [-0.2, 0) is 0 Å². The molecular weight excluding hydrogens is 124 g/mol. The van der Waals surface area contributed by atoms with Crippen LogP contribution in [0.5, 0.6) is 5.75 Å². The van der Waals surface area contributed by atoms with Crippen LogP contribution in [0.1, 0.15) is 5.56 Å². The number of hydrogen-bond donors (Lipinski definition) is 0. The summed E-state index contributed by atoms with van der Waals surface area (Å²) in [5, 5.41) is 0. The minimum absolute atomic E-state index is 0.843. The smallest absolute Gasteiger partial charge is 0.126 e. The third kappa shape index (κ3) is 1.62. The minimum atomic E-state index is 0.843. The van der Waals surface area contributed by atoms with E-state index >= 15 is 0 Å². The summed E-state index contributed by atoms with van der Waals surface area (Å²) >= 11 is 0. The second-order valence-electron chi connectivity index (χ2n) is 2.10. The molecule has 1 rings (SSSR count). The number of benzene rings is 1. The average Bonchev–Trinajstić information content (AvgIpc) is 1.88. The summed E-state index contributed by atoms with van der Waals surface area (Å²) in [6.45, 7) is 5.49. The Kier molecular flexibility index (Phi) is 2.11. The maximum atomic E-state index is 5.05. The zero-order chi connectivity index (χ0) is 7.40. The van der Waals surface area contributed by atoms with Gasteiger partial charge < -0.3 is 4.74 Å². The van der Waals surface area contributed by atoms with Crippen LogP contribution >= 0.6 is 0 Å². The van der Waals surface area contributed by atoms with Crippen LogP contribution in [0.3, 0.4) is 0 Å². The molecule has 52 valence electrons. The molecule has 0 radical (unpaired) electrons. The van der Waals surface area contributed by atoms with E-state index in [-0.39, 0.29) is 0 Å². The van der Waals surface area contributed by atoms with Crippen molar-refractivity contribution >= 4 is 0 Å². The fraction of sp³-hybridized carbons (Fsp3) is 0.111. The van der Waals surface area contributed by atoms with Gasteiger partial charge in [0.1, 0.15) is 5.75 Å². The molecule has 1 heteroatoms. The normalized spacial score (nSPS) is 8.90. The molecule has 0 aliphatic heterocycles. The predicted molar refractivity (Wildman–Crippen MR) is 42.0 cm³/mol. The van der Waals surface area contributed by atoms with Crippen LogP contribution in [0, 0.1) is 6.92 Å². The van der Waals surface area contributed by atoms with Crippen LogP contribution < -0.4 is 4.74 Å². The van der Waals surface area contributed by atoms with Crippen molar-refractivity contribution in [2.24, 2.45) is 0 Å². The molecule has 0 aliphatic carbocycles. The second kappa shape index (κ2) is 3.06. The van der Waals surface area contributed by atoms with Crippen molar-refractivity contribution in [3.8, 4) is 5.75 Å². The van der Waals surface area contributed by atoms with E-state index in [1.807, 2.05) is 31.2 Å². The molecule has 0 aromatic heterocycles. The monoisotopic (exact) mass is 134 g/mol. The summed E-state index contributed by atoms with van der Waals surface area (Å²) in [7, 11) is 0. The summed E-state index contributed by atoms with van der Waals surface area (Å²) in [4.78, 5) is 0. The summed E-state index contributed by atoms with van der Waals surface area (Å²) in [5.41, 5.74) is 1.19. The molecule has 10 heavy (non-hydrogen) atoms. The van der Waals surface area contributed by atoms with E-state index in [1.165, 1.54) is 11.8 Å². The lowest BCUT2D eigenvalue weighted by molar-refractivity contribution is 0.483. The Hall–Kier alpha value is -1.24. The summed E-state index contributed by atoms with van der Waals surface area (Å²) in [5.74, 6) is 0.843. The topological polar surface area (TPSA) is 9.23 Å². The van der Waals surface area contributed by atoms with E-state index in [4.69, 9.17) is 4.74 Å². The maximum Gasteiger partial charge on any atom is 0.126 e. The highest BCUT2D eigenvalue weighted by Crippen LogP contribution is 2.11. The standard InChI is InChI=1S/C9H10O/c1-3-10-9-6-4-5-8(2)7-9/h3-7H,1H2,2H3. The minimum Gasteiger partial charge on any atom is -0.466 e. The molecule has 0 N–H and O–H groups in total. The van der Waals surface area contributed by atoms with Crippen molar-refractivity contribution in [2.45, 2.75) is 6.92 Å². The SMILES string of the molecule is C=COc1cccc(C)c1. The lowest BCUT2D eigenvalue weighted by Crippen LogP contribution is -1.80. The first-order valence-electron chi connectivity index (χ1n) is 3.17. The first-order valence-corrected chi connectivity index (χ1v) is 3.17. The molecule has 0 fully saturated rings. The van der Waals surface area contributed by atoms with E-state index in [0.717, 1.165) is 5.75 Å². The highest BCUT2D eigenvalue weighted by atomic mass is 16.5. The molecule has 0 heterocycles. The Morgan fingerprint density at radius 1 is 1.50 bits per heavy atom. The Morgan fingerprint density at radius 2 is 2.30 bits per heavy atom. The summed E-state index contributed by atoms with van der Waals surface area (Å²) < 4.78 is 5.05. The van der Waals surface area contributed by atoms with Gasteiger partial charge in [-0.1, -0.05) is 18.7 Å². The van der Waals surface area contributed by atoms with E-state index in [0.29, 0.717) is 0 Å². The fourth-order valence-corrected chi connectivity index (χ4v) is 0.785. The van der Waals surface area contributed by atoms with Gasteiger partial charge in [-0.15, -0.1) is 0 Å². The van der Waals surface area contributed by atoms with Gasteiger partial charge in [0.25, 0.3) is 0 Å². The predicted octanol–water partition coefficient (Wildman–Crippen LogP) is 2.52. The Bertz CT molecular complexity index is 228. The van der Waals surface area contributed by atoms with Crippen molar-refractivity contribution in [1.29, 1.82) is 0 Å². The Morgan fingerprint density at radius 3 is 2.90 bits per heavy atom. The van der Waals surface area contributed by atoms with E-state index in [2.05, 4.69) is 6.58 Å². The molecule has 1 aromatic carbocycles.